The Morgan fingerprint density at radius 1 is 1.29 bits per heavy atom. The second kappa shape index (κ2) is 5.28. The third kappa shape index (κ3) is 2.58. The third-order valence-corrected chi connectivity index (χ3v) is 3.41. The molecule has 0 saturated heterocycles. The van der Waals surface area contributed by atoms with Crippen LogP contribution in [-0.2, 0) is 4.79 Å². The number of para-hydroxylation sites is 1. The second-order valence-electron chi connectivity index (χ2n) is 4.95. The Kier molecular flexibility index (Phi) is 3.31. The predicted molar refractivity (Wildman–Crippen MR) is 80.6 cm³/mol. The van der Waals surface area contributed by atoms with E-state index in [1.807, 2.05) is 48.5 Å². The van der Waals surface area contributed by atoms with Gasteiger partial charge in [0.25, 0.3) is 11.7 Å². The second-order valence-corrected chi connectivity index (χ2v) is 4.95. The molecule has 2 N–H and O–H groups in total. The van der Waals surface area contributed by atoms with E-state index >= 15 is 0 Å². The largest absolute Gasteiger partial charge is 0.377 e. The number of carbonyl (C=O) groups is 2. The van der Waals surface area contributed by atoms with E-state index in [0.29, 0.717) is 17.8 Å². The van der Waals surface area contributed by atoms with Crippen molar-refractivity contribution in [2.45, 2.75) is 0 Å². The molecule has 0 saturated carbocycles. The number of aromatic amines is 1. The van der Waals surface area contributed by atoms with Crippen molar-refractivity contribution < 1.29 is 9.59 Å². The number of nitrogens with one attached hydrogen (secondary N) is 2. The number of benzene rings is 1. The third-order valence-electron chi connectivity index (χ3n) is 3.41. The van der Waals surface area contributed by atoms with Crippen LogP contribution in [0.2, 0.25) is 0 Å². The lowest BCUT2D eigenvalue weighted by atomic mass is 10.1. The minimum Gasteiger partial charge on any atom is -0.377 e. The number of hydrogen-bond acceptors (Lipinski definition) is 3. The molecule has 0 aliphatic carbocycles. The molecule has 0 spiro atoms. The van der Waals surface area contributed by atoms with Crippen LogP contribution in [0.25, 0.3) is 10.9 Å². The highest BCUT2D eigenvalue weighted by Gasteiger charge is 2.20. The van der Waals surface area contributed by atoms with Crippen LogP contribution < -0.4 is 5.32 Å². The van der Waals surface area contributed by atoms with Gasteiger partial charge < -0.3 is 15.2 Å². The van der Waals surface area contributed by atoms with Crippen LogP contribution in [0.1, 0.15) is 10.4 Å². The summed E-state index contributed by atoms with van der Waals surface area (Å²) in [4.78, 5) is 29.3. The number of hydrogen-bond donors (Lipinski definition) is 2. The number of allylic oxidation sites excluding steroid dienone is 1. The normalized spacial score (nSPS) is 14.1. The van der Waals surface area contributed by atoms with Gasteiger partial charge in [-0.15, -0.1) is 0 Å². The lowest BCUT2D eigenvalue weighted by Gasteiger charge is -2.17. The maximum Gasteiger partial charge on any atom is 0.296 e. The summed E-state index contributed by atoms with van der Waals surface area (Å²) >= 11 is 0. The molecule has 2 heterocycles. The van der Waals surface area contributed by atoms with Gasteiger partial charge in [0.05, 0.1) is 5.56 Å². The molecular weight excluding hydrogens is 266 g/mol. The van der Waals surface area contributed by atoms with Gasteiger partial charge in [-0.25, -0.2) is 0 Å². The van der Waals surface area contributed by atoms with Crippen LogP contribution >= 0.6 is 0 Å². The maximum atomic E-state index is 12.3. The molecule has 5 heteroatoms. The summed E-state index contributed by atoms with van der Waals surface area (Å²) in [5.41, 5.74) is 1.87. The van der Waals surface area contributed by atoms with Crippen molar-refractivity contribution in [3.8, 4) is 0 Å². The molecule has 3 rings (SSSR count). The molecule has 1 aromatic heterocycles. The highest BCUT2D eigenvalue weighted by molar-refractivity contribution is 6.45. The molecule has 5 nitrogen and oxygen atoms in total. The van der Waals surface area contributed by atoms with E-state index in [2.05, 4.69) is 10.3 Å². The summed E-state index contributed by atoms with van der Waals surface area (Å²) in [6.45, 7) is 0.702. The average molecular weight is 281 g/mol. The molecule has 1 aliphatic heterocycles. The van der Waals surface area contributed by atoms with E-state index in [0.717, 1.165) is 10.9 Å². The summed E-state index contributed by atoms with van der Waals surface area (Å²) in [5, 5.41) is 3.39. The smallest absolute Gasteiger partial charge is 0.296 e. The van der Waals surface area contributed by atoms with Crippen LogP contribution in [0.15, 0.2) is 54.5 Å². The van der Waals surface area contributed by atoms with Crippen LogP contribution in [0, 0.1) is 0 Å². The molecule has 0 bridgehead atoms. The van der Waals surface area contributed by atoms with Gasteiger partial charge in [0, 0.05) is 42.6 Å². The fourth-order valence-electron chi connectivity index (χ4n) is 2.24. The molecular formula is C16H15N3O2. The Hall–Kier alpha value is -2.82. The zero-order valence-electron chi connectivity index (χ0n) is 11.6. The minimum absolute atomic E-state index is 0.389. The first kappa shape index (κ1) is 13.2. The fraction of sp³-hybridized carbons (Fsp3) is 0.125. The monoisotopic (exact) mass is 281 g/mol. The zero-order chi connectivity index (χ0) is 14.8. The van der Waals surface area contributed by atoms with Crippen LogP contribution in [0.3, 0.4) is 0 Å². The van der Waals surface area contributed by atoms with Gasteiger partial charge in [-0.3, -0.25) is 9.59 Å². The lowest BCUT2D eigenvalue weighted by molar-refractivity contribution is -0.116. The van der Waals surface area contributed by atoms with Gasteiger partial charge in [-0.1, -0.05) is 18.2 Å². The molecule has 0 unspecified atom stereocenters. The van der Waals surface area contributed by atoms with Crippen molar-refractivity contribution in [2.75, 3.05) is 13.6 Å². The Bertz CT molecular complexity index is 771. The number of H-pyrrole nitrogens is 1. The molecule has 0 atom stereocenters. The maximum absolute atomic E-state index is 12.3. The van der Waals surface area contributed by atoms with Crippen molar-refractivity contribution in [3.63, 3.8) is 0 Å². The SMILES string of the molecule is CN1C=CC(NC(=O)C(=O)c2c[nH]c3ccccc23)=CC1. The number of Topliss-reactive ketones (excluding diaryl/α,β-unsaturated/α-hetero) is 1. The van der Waals surface area contributed by atoms with E-state index < -0.39 is 11.7 Å². The number of amides is 1. The highest BCUT2D eigenvalue weighted by Crippen LogP contribution is 2.18. The number of nitrogens with zero attached hydrogens (tertiary/aromatic N) is 1. The summed E-state index contributed by atoms with van der Waals surface area (Å²) in [6.07, 6.45) is 7.06. The number of carbonyl (C=O) groups excluding carboxylic acids is 2. The van der Waals surface area contributed by atoms with Crippen LogP contribution in [0.5, 0.6) is 0 Å². The lowest BCUT2D eigenvalue weighted by Crippen LogP contribution is -2.31. The van der Waals surface area contributed by atoms with Gasteiger partial charge in [-0.05, 0) is 18.2 Å². The van der Waals surface area contributed by atoms with Crippen molar-refractivity contribution >= 4 is 22.6 Å². The van der Waals surface area contributed by atoms with Gasteiger partial charge in [0.2, 0.25) is 0 Å². The first-order chi connectivity index (χ1) is 10.1. The molecule has 2 aromatic rings. The van der Waals surface area contributed by atoms with Gasteiger partial charge in [0.15, 0.2) is 0 Å². The van der Waals surface area contributed by atoms with Crippen molar-refractivity contribution in [1.82, 2.24) is 15.2 Å². The van der Waals surface area contributed by atoms with Crippen LogP contribution in [-0.4, -0.2) is 35.2 Å². The Labute approximate surface area is 121 Å². The molecule has 1 aliphatic rings. The number of likely N-dealkylation sites (N-methyl/N-ethyl adjacent to an activating group) is 1. The topological polar surface area (TPSA) is 65.2 Å². The molecule has 1 aromatic carbocycles. The van der Waals surface area contributed by atoms with Crippen molar-refractivity contribution in [2.24, 2.45) is 0 Å². The van der Waals surface area contributed by atoms with Gasteiger partial charge >= 0.3 is 0 Å². The molecule has 106 valence electrons. The van der Waals surface area contributed by atoms with E-state index in [9.17, 15) is 9.59 Å². The highest BCUT2D eigenvalue weighted by atomic mass is 16.2. The zero-order valence-corrected chi connectivity index (χ0v) is 11.6. The Morgan fingerprint density at radius 3 is 2.86 bits per heavy atom. The average Bonchev–Trinajstić information content (AvgIpc) is 2.92. The van der Waals surface area contributed by atoms with Gasteiger partial charge in [0.1, 0.15) is 0 Å². The summed E-state index contributed by atoms with van der Waals surface area (Å²) in [5.74, 6) is -1.17. The van der Waals surface area contributed by atoms with Crippen molar-refractivity contribution in [3.05, 3.63) is 60.1 Å². The number of rotatable bonds is 3. The van der Waals surface area contributed by atoms with Crippen molar-refractivity contribution in [1.29, 1.82) is 0 Å². The fourth-order valence-corrected chi connectivity index (χ4v) is 2.24. The van der Waals surface area contributed by atoms with E-state index in [1.54, 1.807) is 12.3 Å². The summed E-state index contributed by atoms with van der Waals surface area (Å²) in [6, 6.07) is 7.40. The van der Waals surface area contributed by atoms with E-state index in [-0.39, 0.29) is 0 Å². The first-order valence-corrected chi connectivity index (χ1v) is 6.65. The molecule has 0 radical (unpaired) electrons. The summed E-state index contributed by atoms with van der Waals surface area (Å²) in [7, 11) is 1.93. The number of ketones is 1. The molecule has 21 heavy (non-hydrogen) atoms. The number of aromatic nitrogens is 1. The standard InChI is InChI=1S/C16H15N3O2/c1-19-8-6-11(7-9-19)18-16(21)15(20)13-10-17-14-5-3-2-4-12(13)14/h2-8,10,17H,9H2,1H3,(H,18,21). The van der Waals surface area contributed by atoms with E-state index in [1.165, 1.54) is 0 Å². The predicted octanol–water partition coefficient (Wildman–Crippen LogP) is 1.81. The van der Waals surface area contributed by atoms with Gasteiger partial charge in [-0.2, -0.15) is 0 Å². The molecule has 0 fully saturated rings. The quantitative estimate of drug-likeness (QED) is 0.666. The summed E-state index contributed by atoms with van der Waals surface area (Å²) < 4.78 is 0. The van der Waals surface area contributed by atoms with Crippen LogP contribution in [0.4, 0.5) is 0 Å². The Morgan fingerprint density at radius 2 is 2.10 bits per heavy atom. The van der Waals surface area contributed by atoms with E-state index in [4.69, 9.17) is 0 Å². The Balaban J connectivity index is 1.79. The first-order valence-electron chi connectivity index (χ1n) is 6.65. The minimum atomic E-state index is -0.625. The number of fused-ring (bicyclic) bond motifs is 1. The molecule has 1 amide bonds.